The summed E-state index contributed by atoms with van der Waals surface area (Å²) in [5.74, 6) is -1.52. The summed E-state index contributed by atoms with van der Waals surface area (Å²) in [7, 11) is 0. The number of nitrogens with two attached hydrogens (primary N) is 1. The van der Waals surface area contributed by atoms with Gasteiger partial charge in [0.2, 0.25) is 17.7 Å². The average Bonchev–Trinajstić information content (AvgIpc) is 2.80. The molecule has 0 bridgehead atoms. The van der Waals surface area contributed by atoms with Gasteiger partial charge in [0.1, 0.15) is 5.01 Å². The molecule has 1 aliphatic rings. The van der Waals surface area contributed by atoms with E-state index >= 15 is 0 Å². The van der Waals surface area contributed by atoms with Crippen molar-refractivity contribution in [3.05, 3.63) is 28.2 Å². The van der Waals surface area contributed by atoms with Crippen LogP contribution in [-0.2, 0) is 19.1 Å². The molecular weight excluding hydrogens is 232 g/mol. The molecule has 1 atom stereocenters. The van der Waals surface area contributed by atoms with Gasteiger partial charge in [-0.05, 0) is 0 Å². The van der Waals surface area contributed by atoms with Crippen molar-refractivity contribution < 1.29 is 19.1 Å². The first-order valence-electron chi connectivity index (χ1n) is 4.38. The molecule has 1 aromatic heterocycles. The zero-order chi connectivity index (χ0) is 11.7. The van der Waals surface area contributed by atoms with E-state index in [1.165, 1.54) is 18.3 Å². The lowest BCUT2D eigenvalue weighted by molar-refractivity contribution is -0.140. The third-order valence-electron chi connectivity index (χ3n) is 1.85. The number of nitrogens with zero attached hydrogens (tertiary/aromatic N) is 1. The Labute approximate surface area is 94.7 Å². The van der Waals surface area contributed by atoms with E-state index in [1.807, 2.05) is 0 Å². The van der Waals surface area contributed by atoms with E-state index in [-0.39, 0.29) is 11.6 Å². The Morgan fingerprint density at radius 1 is 1.69 bits per heavy atom. The molecule has 0 saturated heterocycles. The minimum Gasteiger partial charge on any atom is -0.457 e. The summed E-state index contributed by atoms with van der Waals surface area (Å²) in [6, 6.07) is 0. The van der Waals surface area contributed by atoms with Crippen LogP contribution in [0.3, 0.4) is 0 Å². The van der Waals surface area contributed by atoms with E-state index in [1.54, 1.807) is 11.6 Å². The van der Waals surface area contributed by atoms with E-state index < -0.39 is 17.9 Å². The van der Waals surface area contributed by atoms with E-state index in [2.05, 4.69) is 9.72 Å². The van der Waals surface area contributed by atoms with Gasteiger partial charge in [-0.25, -0.2) is 4.98 Å². The number of hydrogen-bond acceptors (Lipinski definition) is 7. The smallest absolute Gasteiger partial charge is 0.308 e. The summed E-state index contributed by atoms with van der Waals surface area (Å²) in [6.07, 6.45) is 0.658. The molecule has 0 amide bonds. The Morgan fingerprint density at radius 3 is 3.00 bits per heavy atom. The third-order valence-corrected chi connectivity index (χ3v) is 2.67. The minimum atomic E-state index is -0.894. The Bertz CT molecular complexity index is 466. The molecule has 6 nitrogen and oxygen atoms in total. The van der Waals surface area contributed by atoms with E-state index in [0.717, 1.165) is 0 Å². The highest BCUT2D eigenvalue weighted by atomic mass is 32.1. The van der Waals surface area contributed by atoms with E-state index in [4.69, 9.17) is 10.5 Å². The fourth-order valence-electron chi connectivity index (χ4n) is 1.25. The first-order chi connectivity index (χ1) is 7.59. The first kappa shape index (κ1) is 10.6. The molecule has 0 fully saturated rings. The highest BCUT2D eigenvalue weighted by Crippen LogP contribution is 2.32. The van der Waals surface area contributed by atoms with Gasteiger partial charge in [0.15, 0.2) is 0 Å². The zero-order valence-electron chi connectivity index (χ0n) is 8.30. The molecule has 0 spiro atoms. The van der Waals surface area contributed by atoms with Crippen LogP contribution in [0, 0.1) is 0 Å². The van der Waals surface area contributed by atoms with Crippen LogP contribution in [0.4, 0.5) is 0 Å². The number of esters is 1. The summed E-state index contributed by atoms with van der Waals surface area (Å²) in [6.45, 7) is 1.18. The van der Waals surface area contributed by atoms with Crippen LogP contribution in [-0.4, -0.2) is 16.7 Å². The summed E-state index contributed by atoms with van der Waals surface area (Å²) in [4.78, 5) is 26.5. The lowest BCUT2D eigenvalue weighted by atomic mass is 10.2. The quantitative estimate of drug-likeness (QED) is 0.756. The zero-order valence-corrected chi connectivity index (χ0v) is 9.11. The highest BCUT2D eigenvalue weighted by Gasteiger charge is 2.39. The Balaban J connectivity index is 2.22. The van der Waals surface area contributed by atoms with E-state index in [0.29, 0.717) is 5.01 Å². The van der Waals surface area contributed by atoms with Gasteiger partial charge in [0.25, 0.3) is 5.78 Å². The van der Waals surface area contributed by atoms with Gasteiger partial charge in [0, 0.05) is 18.5 Å². The van der Waals surface area contributed by atoms with Crippen molar-refractivity contribution >= 4 is 23.1 Å². The molecule has 1 unspecified atom stereocenters. The lowest BCUT2D eigenvalue weighted by Gasteiger charge is -2.04. The molecule has 2 rings (SSSR count). The van der Waals surface area contributed by atoms with Crippen LogP contribution < -0.4 is 5.73 Å². The maximum absolute atomic E-state index is 11.8. The van der Waals surface area contributed by atoms with Crippen molar-refractivity contribution in [1.82, 2.24) is 4.98 Å². The number of ether oxygens (including phenoxy) is 2. The van der Waals surface area contributed by atoms with Gasteiger partial charge in [-0.15, -0.1) is 11.3 Å². The standard InChI is InChI=1S/C9H8N2O4S/c1-4(12)14-6-5(13)7(15-8(6)10)9-11-2-3-16-9/h2-3,7H,10H2,1H3. The molecule has 16 heavy (non-hydrogen) atoms. The largest absolute Gasteiger partial charge is 0.457 e. The molecule has 84 valence electrons. The van der Waals surface area contributed by atoms with Crippen LogP contribution in [0.25, 0.3) is 0 Å². The minimum absolute atomic E-state index is 0.180. The second-order valence-electron chi connectivity index (χ2n) is 3.02. The Hall–Kier alpha value is -1.89. The molecule has 1 aliphatic heterocycles. The molecule has 7 heteroatoms. The van der Waals surface area contributed by atoms with Crippen molar-refractivity contribution in [2.75, 3.05) is 0 Å². The number of hydrogen-bond donors (Lipinski definition) is 1. The van der Waals surface area contributed by atoms with Gasteiger partial charge < -0.3 is 15.2 Å². The molecular formula is C9H8N2O4S. The van der Waals surface area contributed by atoms with Crippen LogP contribution in [0.1, 0.15) is 18.0 Å². The third kappa shape index (κ3) is 1.76. The van der Waals surface area contributed by atoms with Crippen molar-refractivity contribution in [3.8, 4) is 0 Å². The second kappa shape index (κ2) is 3.93. The SMILES string of the molecule is CC(=O)OC1=C(N)OC(c2nccs2)C1=O. The first-order valence-corrected chi connectivity index (χ1v) is 5.26. The number of thiazole rings is 1. The lowest BCUT2D eigenvalue weighted by Crippen LogP contribution is -2.12. The van der Waals surface area contributed by atoms with Crippen LogP contribution in [0.5, 0.6) is 0 Å². The number of aromatic nitrogens is 1. The fourth-order valence-corrected chi connectivity index (χ4v) is 1.91. The maximum Gasteiger partial charge on any atom is 0.308 e. The maximum atomic E-state index is 11.8. The molecule has 0 aromatic carbocycles. The summed E-state index contributed by atoms with van der Waals surface area (Å²) in [5.41, 5.74) is 5.45. The molecule has 0 saturated carbocycles. The Morgan fingerprint density at radius 2 is 2.44 bits per heavy atom. The summed E-state index contributed by atoms with van der Waals surface area (Å²) < 4.78 is 9.79. The molecule has 2 heterocycles. The molecule has 0 aliphatic carbocycles. The van der Waals surface area contributed by atoms with Crippen LogP contribution in [0.15, 0.2) is 23.2 Å². The molecule has 0 radical (unpaired) electrons. The van der Waals surface area contributed by atoms with Crippen LogP contribution in [0.2, 0.25) is 0 Å². The Kier molecular flexibility index (Phi) is 2.61. The predicted molar refractivity (Wildman–Crippen MR) is 53.9 cm³/mol. The summed E-state index contributed by atoms with van der Waals surface area (Å²) >= 11 is 1.27. The van der Waals surface area contributed by atoms with Gasteiger partial charge in [-0.1, -0.05) is 0 Å². The topological polar surface area (TPSA) is 91.5 Å². The van der Waals surface area contributed by atoms with Gasteiger partial charge in [-0.3, -0.25) is 9.59 Å². The van der Waals surface area contributed by atoms with Gasteiger partial charge in [-0.2, -0.15) is 0 Å². The molecule has 2 N–H and O–H groups in total. The number of ketones is 1. The summed E-state index contributed by atoms with van der Waals surface area (Å²) in [5, 5.41) is 2.20. The number of rotatable bonds is 2. The van der Waals surface area contributed by atoms with Crippen molar-refractivity contribution in [3.63, 3.8) is 0 Å². The van der Waals surface area contributed by atoms with Gasteiger partial charge >= 0.3 is 5.97 Å². The average molecular weight is 240 g/mol. The number of carbonyl (C=O) groups is 2. The van der Waals surface area contributed by atoms with Gasteiger partial charge in [0.05, 0.1) is 0 Å². The normalized spacial score (nSPS) is 19.8. The van der Waals surface area contributed by atoms with Crippen LogP contribution >= 0.6 is 11.3 Å². The van der Waals surface area contributed by atoms with Crippen molar-refractivity contribution in [2.24, 2.45) is 5.73 Å². The predicted octanol–water partition coefficient (Wildman–Crippen LogP) is 0.474. The highest BCUT2D eigenvalue weighted by molar-refractivity contribution is 7.09. The second-order valence-corrected chi connectivity index (χ2v) is 3.95. The van der Waals surface area contributed by atoms with E-state index in [9.17, 15) is 9.59 Å². The molecule has 1 aromatic rings. The monoisotopic (exact) mass is 240 g/mol. The van der Waals surface area contributed by atoms with Crippen molar-refractivity contribution in [1.29, 1.82) is 0 Å². The number of Topliss-reactive ketones (excluding diaryl/α,β-unsaturated/α-hetero) is 1. The van der Waals surface area contributed by atoms with Crippen molar-refractivity contribution in [2.45, 2.75) is 13.0 Å². The number of carbonyl (C=O) groups excluding carboxylic acids is 2. The fraction of sp³-hybridized carbons (Fsp3) is 0.222.